The minimum absolute atomic E-state index is 0.205. The molecule has 2 aliphatic heterocycles. The highest BCUT2D eigenvalue weighted by molar-refractivity contribution is 5.65. The Morgan fingerprint density at radius 1 is 1.14 bits per heavy atom. The third kappa shape index (κ3) is 3.48. The molecule has 1 aromatic carbocycles. The van der Waals surface area contributed by atoms with Crippen LogP contribution in [-0.4, -0.2) is 24.7 Å². The fourth-order valence-corrected chi connectivity index (χ4v) is 4.64. The van der Waals surface area contributed by atoms with Gasteiger partial charge in [0.15, 0.2) is 0 Å². The number of aromatic nitrogens is 1. The first-order valence-corrected chi connectivity index (χ1v) is 10.3. The highest BCUT2D eigenvalue weighted by Crippen LogP contribution is 2.34. The number of H-pyrrole nitrogens is 1. The van der Waals surface area contributed by atoms with Crippen molar-refractivity contribution >= 4 is 17.5 Å². The summed E-state index contributed by atoms with van der Waals surface area (Å²) < 4.78 is 20.2. The molecule has 3 heterocycles. The van der Waals surface area contributed by atoms with Crippen molar-refractivity contribution < 1.29 is 9.13 Å². The summed E-state index contributed by atoms with van der Waals surface area (Å²) in [7, 11) is 1.99. The maximum absolute atomic E-state index is 14.0. The Hall–Kier alpha value is -2.89. The van der Waals surface area contributed by atoms with E-state index in [1.54, 1.807) is 12.2 Å². The maximum atomic E-state index is 14.0. The van der Waals surface area contributed by atoms with Crippen molar-refractivity contribution in [3.8, 4) is 5.75 Å². The SMILES string of the molecule is CN1CC=C(F)C=c2[nH]c3c(c21)CN=NC=3C1CCC(Oc2ccccc2)CC1. The number of anilines is 1. The Morgan fingerprint density at radius 3 is 2.72 bits per heavy atom. The lowest BCUT2D eigenvalue weighted by Gasteiger charge is -2.29. The number of halogens is 1. The fourth-order valence-electron chi connectivity index (χ4n) is 4.64. The van der Waals surface area contributed by atoms with Gasteiger partial charge in [-0.05, 0) is 50.0 Å². The number of aromatic amines is 1. The standard InChI is InChI=1S/C23H25FN4O/c1-28-12-11-16(24)13-20-23(28)19-14-25-27-21(22(19)26-20)15-7-9-18(10-8-15)29-17-5-3-2-4-6-17/h2-6,11,13,15,18,26H,7-10,12,14H2,1H3. The quantitative estimate of drug-likeness (QED) is 0.864. The van der Waals surface area contributed by atoms with Gasteiger partial charge in [0.25, 0.3) is 0 Å². The Bertz CT molecular complexity index is 1080. The van der Waals surface area contributed by atoms with E-state index >= 15 is 0 Å². The summed E-state index contributed by atoms with van der Waals surface area (Å²) in [5, 5.41) is 10.8. The van der Waals surface area contributed by atoms with Crippen LogP contribution >= 0.6 is 0 Å². The molecule has 29 heavy (non-hydrogen) atoms. The number of hydrogen-bond acceptors (Lipinski definition) is 4. The number of likely N-dealkylation sites (N-methyl/N-ethyl adjacent to an activating group) is 1. The Balaban J connectivity index is 1.42. The molecule has 150 valence electrons. The molecule has 0 unspecified atom stereocenters. The van der Waals surface area contributed by atoms with Crippen LogP contribution in [0.5, 0.6) is 5.75 Å². The minimum atomic E-state index is -0.205. The molecule has 0 amide bonds. The van der Waals surface area contributed by atoms with Crippen molar-refractivity contribution in [1.82, 2.24) is 4.98 Å². The van der Waals surface area contributed by atoms with E-state index in [0.29, 0.717) is 19.0 Å². The number of allylic oxidation sites excluding steroid dienone is 1. The van der Waals surface area contributed by atoms with Crippen molar-refractivity contribution in [2.24, 2.45) is 16.1 Å². The van der Waals surface area contributed by atoms with Crippen LogP contribution in [0, 0.1) is 5.92 Å². The summed E-state index contributed by atoms with van der Waals surface area (Å²) in [6.45, 7) is 1.09. The van der Waals surface area contributed by atoms with Crippen molar-refractivity contribution in [2.75, 3.05) is 18.5 Å². The van der Waals surface area contributed by atoms with Gasteiger partial charge in [-0.2, -0.15) is 10.2 Å². The molecule has 5 nitrogen and oxygen atoms in total. The number of nitrogens with one attached hydrogen (secondary N) is 1. The predicted octanol–water partition coefficient (Wildman–Crippen LogP) is 3.81. The van der Waals surface area contributed by atoms with E-state index in [1.165, 1.54) is 0 Å². The van der Waals surface area contributed by atoms with Gasteiger partial charge in [-0.15, -0.1) is 0 Å². The van der Waals surface area contributed by atoms with Gasteiger partial charge in [0.05, 0.1) is 34.7 Å². The molecular formula is C23H25FN4O. The average molecular weight is 392 g/mol. The summed E-state index contributed by atoms with van der Waals surface area (Å²) in [6.07, 6.45) is 7.46. The van der Waals surface area contributed by atoms with Crippen LogP contribution in [-0.2, 0) is 6.54 Å². The van der Waals surface area contributed by atoms with Crippen LogP contribution in [0.1, 0.15) is 31.2 Å². The number of azo groups is 1. The second-order valence-corrected chi connectivity index (χ2v) is 8.04. The first-order chi connectivity index (χ1) is 14.2. The fraction of sp³-hybridized carbons (Fsp3) is 0.391. The number of benzene rings is 1. The molecule has 3 aliphatic rings. The summed E-state index contributed by atoms with van der Waals surface area (Å²) in [5.41, 5.74) is 3.19. The number of nitrogens with zero attached hydrogens (tertiary/aromatic N) is 3. The number of rotatable bonds is 3. The summed E-state index contributed by atoms with van der Waals surface area (Å²) in [4.78, 5) is 5.53. The van der Waals surface area contributed by atoms with Crippen LogP contribution in [0.25, 0.3) is 11.8 Å². The summed E-state index contributed by atoms with van der Waals surface area (Å²) in [6, 6.07) is 10.0. The topological polar surface area (TPSA) is 53.0 Å². The molecule has 0 saturated heterocycles. The molecule has 1 aromatic heterocycles. The molecule has 1 fully saturated rings. The second-order valence-electron chi connectivity index (χ2n) is 8.04. The van der Waals surface area contributed by atoms with E-state index in [1.807, 2.05) is 37.4 Å². The zero-order valence-corrected chi connectivity index (χ0v) is 16.6. The predicted molar refractivity (Wildman–Crippen MR) is 112 cm³/mol. The zero-order chi connectivity index (χ0) is 19.8. The third-order valence-electron chi connectivity index (χ3n) is 6.10. The van der Waals surface area contributed by atoms with Crippen LogP contribution in [0.15, 0.2) is 52.5 Å². The van der Waals surface area contributed by atoms with Gasteiger partial charge in [-0.25, -0.2) is 4.39 Å². The van der Waals surface area contributed by atoms with Gasteiger partial charge in [-0.1, -0.05) is 18.2 Å². The van der Waals surface area contributed by atoms with E-state index in [4.69, 9.17) is 4.74 Å². The smallest absolute Gasteiger partial charge is 0.123 e. The molecule has 1 aliphatic carbocycles. The van der Waals surface area contributed by atoms with Gasteiger partial charge in [-0.3, -0.25) is 0 Å². The average Bonchev–Trinajstić information content (AvgIpc) is 3.04. The summed E-state index contributed by atoms with van der Waals surface area (Å²) in [5.74, 6) is 1.08. The highest BCUT2D eigenvalue weighted by atomic mass is 19.1. The van der Waals surface area contributed by atoms with E-state index < -0.39 is 0 Å². The molecule has 1 saturated carbocycles. The molecule has 0 bridgehead atoms. The van der Waals surface area contributed by atoms with Gasteiger partial charge in [0, 0.05) is 25.1 Å². The zero-order valence-electron chi connectivity index (χ0n) is 16.6. The highest BCUT2D eigenvalue weighted by Gasteiger charge is 2.29. The van der Waals surface area contributed by atoms with Gasteiger partial charge in [0.1, 0.15) is 11.6 Å². The van der Waals surface area contributed by atoms with Crippen LogP contribution in [0.2, 0.25) is 0 Å². The largest absolute Gasteiger partial charge is 0.490 e. The minimum Gasteiger partial charge on any atom is -0.490 e. The lowest BCUT2D eigenvalue weighted by Crippen LogP contribution is -2.28. The number of ether oxygens (including phenoxy) is 1. The second kappa shape index (κ2) is 7.50. The van der Waals surface area contributed by atoms with Crippen molar-refractivity contribution in [3.05, 3.63) is 58.5 Å². The molecule has 1 N–H and O–H groups in total. The molecule has 2 aromatic rings. The first kappa shape index (κ1) is 18.2. The molecular weight excluding hydrogens is 367 g/mol. The molecule has 0 atom stereocenters. The monoisotopic (exact) mass is 392 g/mol. The Morgan fingerprint density at radius 2 is 1.93 bits per heavy atom. The van der Waals surface area contributed by atoms with Crippen molar-refractivity contribution in [3.63, 3.8) is 0 Å². The number of hydrogen-bond donors (Lipinski definition) is 1. The maximum Gasteiger partial charge on any atom is 0.123 e. The van der Waals surface area contributed by atoms with Gasteiger partial charge in [0.2, 0.25) is 0 Å². The number of fused-ring (bicyclic) bond motifs is 3. The third-order valence-corrected chi connectivity index (χ3v) is 6.10. The van der Waals surface area contributed by atoms with E-state index in [0.717, 1.165) is 59.1 Å². The van der Waals surface area contributed by atoms with Crippen LogP contribution in [0.4, 0.5) is 10.1 Å². The normalized spacial score (nSPS) is 23.6. The molecule has 5 rings (SSSR count). The van der Waals surface area contributed by atoms with E-state index in [2.05, 4.69) is 20.1 Å². The molecule has 0 radical (unpaired) electrons. The Kier molecular flexibility index (Phi) is 4.70. The van der Waals surface area contributed by atoms with Crippen LogP contribution in [0.3, 0.4) is 0 Å². The van der Waals surface area contributed by atoms with Gasteiger partial charge < -0.3 is 14.6 Å². The summed E-state index contributed by atoms with van der Waals surface area (Å²) >= 11 is 0. The lowest BCUT2D eigenvalue weighted by molar-refractivity contribution is 0.142. The first-order valence-electron chi connectivity index (χ1n) is 10.3. The molecule has 0 spiro atoms. The Labute approximate surface area is 169 Å². The van der Waals surface area contributed by atoms with Crippen LogP contribution < -0.4 is 20.3 Å². The van der Waals surface area contributed by atoms with E-state index in [-0.39, 0.29) is 11.9 Å². The van der Waals surface area contributed by atoms with E-state index in [9.17, 15) is 4.39 Å². The molecule has 6 heteroatoms. The number of para-hydroxylation sites is 1. The van der Waals surface area contributed by atoms with Gasteiger partial charge >= 0.3 is 0 Å². The van der Waals surface area contributed by atoms with Crippen molar-refractivity contribution in [2.45, 2.75) is 38.3 Å². The lowest BCUT2D eigenvalue weighted by atomic mass is 9.84. The van der Waals surface area contributed by atoms with Crippen molar-refractivity contribution in [1.29, 1.82) is 0 Å².